The zero-order chi connectivity index (χ0) is 15.2. The van der Waals surface area contributed by atoms with Gasteiger partial charge in [0.25, 0.3) is 0 Å². The van der Waals surface area contributed by atoms with Gasteiger partial charge in [-0.25, -0.2) is 0 Å². The van der Waals surface area contributed by atoms with Gasteiger partial charge in [0.05, 0.1) is 0 Å². The number of aliphatic carboxylic acids is 1. The second kappa shape index (κ2) is 6.88. The molecule has 0 bridgehead atoms. The lowest BCUT2D eigenvalue weighted by Crippen LogP contribution is -2.43. The van der Waals surface area contributed by atoms with Crippen LogP contribution < -0.4 is 10.2 Å². The number of nitrogens with zero attached hydrogens (tertiary/aromatic N) is 1. The predicted octanol–water partition coefficient (Wildman–Crippen LogP) is 0.947. The fourth-order valence-corrected chi connectivity index (χ4v) is 2.34. The second-order valence-corrected chi connectivity index (χ2v) is 4.96. The lowest BCUT2D eigenvalue weighted by atomic mass is 10.0. The third-order valence-electron chi connectivity index (χ3n) is 3.38. The molecule has 0 unspecified atom stereocenters. The minimum absolute atomic E-state index is 0.0196. The standard InChI is InChI=1S/C15H18N2O4/c18-13(16-9-3-6-15(20)21)10-17-12-5-2-1-4-11(12)7-8-14(17)19/h1-2,4-5H,3,6-10H2,(H,16,18)(H,20,21). The van der Waals surface area contributed by atoms with Crippen molar-refractivity contribution >= 4 is 23.5 Å². The van der Waals surface area contributed by atoms with E-state index in [0.29, 0.717) is 25.8 Å². The fraction of sp³-hybridized carbons (Fsp3) is 0.400. The van der Waals surface area contributed by atoms with E-state index >= 15 is 0 Å². The first kappa shape index (κ1) is 15.0. The number of benzene rings is 1. The molecule has 0 radical (unpaired) electrons. The lowest BCUT2D eigenvalue weighted by molar-refractivity contribution is -0.137. The maximum atomic E-state index is 12.0. The third-order valence-corrected chi connectivity index (χ3v) is 3.38. The third kappa shape index (κ3) is 4.05. The molecule has 0 aliphatic carbocycles. The molecule has 21 heavy (non-hydrogen) atoms. The van der Waals surface area contributed by atoms with E-state index in [1.807, 2.05) is 24.3 Å². The van der Waals surface area contributed by atoms with Crippen LogP contribution in [-0.4, -0.2) is 36.0 Å². The summed E-state index contributed by atoms with van der Waals surface area (Å²) in [4.78, 5) is 35.7. The summed E-state index contributed by atoms with van der Waals surface area (Å²) in [6.07, 6.45) is 1.51. The van der Waals surface area contributed by atoms with Crippen LogP contribution in [0.5, 0.6) is 0 Å². The quantitative estimate of drug-likeness (QED) is 0.764. The number of hydrogen-bond donors (Lipinski definition) is 2. The highest BCUT2D eigenvalue weighted by atomic mass is 16.4. The van der Waals surface area contributed by atoms with Gasteiger partial charge in [-0.05, 0) is 24.5 Å². The molecule has 0 saturated heterocycles. The minimum atomic E-state index is -0.885. The molecule has 6 nitrogen and oxygen atoms in total. The molecule has 112 valence electrons. The van der Waals surface area contributed by atoms with Gasteiger partial charge in [0, 0.05) is 25.1 Å². The van der Waals surface area contributed by atoms with Crippen molar-refractivity contribution in [2.75, 3.05) is 18.0 Å². The number of carboxylic acids is 1. The van der Waals surface area contributed by atoms with Gasteiger partial charge >= 0.3 is 5.97 Å². The van der Waals surface area contributed by atoms with Crippen molar-refractivity contribution in [1.82, 2.24) is 5.32 Å². The molecule has 1 aromatic carbocycles. The van der Waals surface area contributed by atoms with Gasteiger partial charge in [0.1, 0.15) is 6.54 Å². The fourth-order valence-electron chi connectivity index (χ4n) is 2.34. The SMILES string of the molecule is O=C(O)CCCNC(=O)CN1C(=O)CCc2ccccc21. The van der Waals surface area contributed by atoms with Crippen molar-refractivity contribution in [3.8, 4) is 0 Å². The largest absolute Gasteiger partial charge is 0.481 e. The number of fused-ring (bicyclic) bond motifs is 1. The number of hydrogen-bond acceptors (Lipinski definition) is 3. The number of nitrogens with one attached hydrogen (secondary N) is 1. The molecular weight excluding hydrogens is 272 g/mol. The maximum Gasteiger partial charge on any atom is 0.303 e. The Bertz CT molecular complexity index is 556. The van der Waals surface area contributed by atoms with E-state index < -0.39 is 5.97 Å². The van der Waals surface area contributed by atoms with Gasteiger partial charge in [-0.1, -0.05) is 18.2 Å². The molecule has 2 amide bonds. The number of para-hydroxylation sites is 1. The Morgan fingerprint density at radius 1 is 1.24 bits per heavy atom. The Kier molecular flexibility index (Phi) is 4.92. The van der Waals surface area contributed by atoms with Gasteiger partial charge in [0.2, 0.25) is 11.8 Å². The van der Waals surface area contributed by atoms with Crippen LogP contribution in [0.1, 0.15) is 24.8 Å². The Hall–Kier alpha value is -2.37. The highest BCUT2D eigenvalue weighted by Crippen LogP contribution is 2.26. The number of carbonyl (C=O) groups is 3. The molecule has 6 heteroatoms. The van der Waals surface area contributed by atoms with Crippen LogP contribution in [0.15, 0.2) is 24.3 Å². The zero-order valence-corrected chi connectivity index (χ0v) is 11.7. The molecule has 0 fully saturated rings. The molecule has 1 aromatic rings. The first-order valence-corrected chi connectivity index (χ1v) is 6.94. The van der Waals surface area contributed by atoms with Crippen LogP contribution in [0.4, 0.5) is 5.69 Å². The van der Waals surface area contributed by atoms with Gasteiger partial charge in [-0.15, -0.1) is 0 Å². The molecule has 1 heterocycles. The van der Waals surface area contributed by atoms with Gasteiger partial charge in [-0.2, -0.15) is 0 Å². The van der Waals surface area contributed by atoms with E-state index in [0.717, 1.165) is 11.3 Å². The first-order chi connectivity index (χ1) is 10.1. The molecule has 0 atom stereocenters. The lowest BCUT2D eigenvalue weighted by Gasteiger charge is -2.28. The number of amides is 2. The van der Waals surface area contributed by atoms with Crippen LogP contribution in [0, 0.1) is 0 Å². The van der Waals surface area contributed by atoms with Crippen LogP contribution in [0.3, 0.4) is 0 Å². The van der Waals surface area contributed by atoms with E-state index in [1.54, 1.807) is 0 Å². The van der Waals surface area contributed by atoms with Crippen molar-refractivity contribution in [2.45, 2.75) is 25.7 Å². The highest BCUT2D eigenvalue weighted by Gasteiger charge is 2.25. The van der Waals surface area contributed by atoms with Gasteiger partial charge in [0.15, 0.2) is 0 Å². The molecular formula is C15H18N2O4. The maximum absolute atomic E-state index is 12.0. The minimum Gasteiger partial charge on any atom is -0.481 e. The van der Waals surface area contributed by atoms with Crippen LogP contribution in [0.2, 0.25) is 0 Å². The highest BCUT2D eigenvalue weighted by molar-refractivity contribution is 6.00. The molecule has 0 saturated carbocycles. The predicted molar refractivity (Wildman–Crippen MR) is 77.0 cm³/mol. The summed E-state index contributed by atoms with van der Waals surface area (Å²) < 4.78 is 0. The van der Waals surface area contributed by atoms with Crippen molar-refractivity contribution in [3.05, 3.63) is 29.8 Å². The van der Waals surface area contributed by atoms with Crippen molar-refractivity contribution in [1.29, 1.82) is 0 Å². The van der Waals surface area contributed by atoms with Crippen molar-refractivity contribution < 1.29 is 19.5 Å². The average Bonchev–Trinajstić information content (AvgIpc) is 2.46. The normalized spacial score (nSPS) is 13.7. The number of aryl methyl sites for hydroxylation is 1. The molecule has 0 aromatic heterocycles. The summed E-state index contributed by atoms with van der Waals surface area (Å²) in [5.74, 6) is -1.22. The molecule has 2 N–H and O–H groups in total. The number of rotatable bonds is 6. The van der Waals surface area contributed by atoms with Crippen molar-refractivity contribution in [3.63, 3.8) is 0 Å². The Morgan fingerprint density at radius 2 is 2.00 bits per heavy atom. The molecule has 1 aliphatic heterocycles. The average molecular weight is 290 g/mol. The number of carbonyl (C=O) groups excluding carboxylic acids is 2. The number of carboxylic acid groups (broad SMARTS) is 1. The summed E-state index contributed by atoms with van der Waals surface area (Å²) in [6.45, 7) is 0.276. The van der Waals surface area contributed by atoms with Gasteiger partial charge in [-0.3, -0.25) is 14.4 Å². The summed E-state index contributed by atoms with van der Waals surface area (Å²) in [7, 11) is 0. The zero-order valence-electron chi connectivity index (χ0n) is 11.7. The van der Waals surface area contributed by atoms with E-state index in [4.69, 9.17) is 5.11 Å². The summed E-state index contributed by atoms with van der Waals surface area (Å²) in [5, 5.41) is 11.2. The Labute approximate surface area is 122 Å². The van der Waals surface area contributed by atoms with Crippen LogP contribution in [-0.2, 0) is 20.8 Å². The smallest absolute Gasteiger partial charge is 0.303 e. The summed E-state index contributed by atoms with van der Waals surface area (Å²) in [5.41, 5.74) is 1.85. The first-order valence-electron chi connectivity index (χ1n) is 6.94. The monoisotopic (exact) mass is 290 g/mol. The Morgan fingerprint density at radius 3 is 2.76 bits per heavy atom. The summed E-state index contributed by atoms with van der Waals surface area (Å²) in [6, 6.07) is 7.55. The molecule has 2 rings (SSSR count). The topological polar surface area (TPSA) is 86.7 Å². The van der Waals surface area contributed by atoms with Crippen LogP contribution in [0.25, 0.3) is 0 Å². The van der Waals surface area contributed by atoms with Crippen LogP contribution >= 0.6 is 0 Å². The van der Waals surface area contributed by atoms with E-state index in [1.165, 1.54) is 4.90 Å². The number of anilines is 1. The molecule has 0 spiro atoms. The van der Waals surface area contributed by atoms with Crippen molar-refractivity contribution in [2.24, 2.45) is 0 Å². The molecule has 1 aliphatic rings. The van der Waals surface area contributed by atoms with Gasteiger partial charge < -0.3 is 15.3 Å². The second-order valence-electron chi connectivity index (χ2n) is 4.96. The Balaban J connectivity index is 1.91. The van der Waals surface area contributed by atoms with E-state index in [2.05, 4.69) is 5.32 Å². The summed E-state index contributed by atoms with van der Waals surface area (Å²) >= 11 is 0. The van der Waals surface area contributed by atoms with E-state index in [-0.39, 0.29) is 24.8 Å². The van der Waals surface area contributed by atoms with E-state index in [9.17, 15) is 14.4 Å².